The summed E-state index contributed by atoms with van der Waals surface area (Å²) in [5.41, 5.74) is 5.63. The summed E-state index contributed by atoms with van der Waals surface area (Å²) in [6, 6.07) is 0. The van der Waals surface area contributed by atoms with Crippen LogP contribution in [0.25, 0.3) is 0 Å². The van der Waals surface area contributed by atoms with Gasteiger partial charge in [0.15, 0.2) is 0 Å². The highest BCUT2D eigenvalue weighted by Crippen LogP contribution is 2.09. The molecule has 0 unspecified atom stereocenters. The summed E-state index contributed by atoms with van der Waals surface area (Å²) in [5, 5.41) is 0. The van der Waals surface area contributed by atoms with Crippen LogP contribution in [0.2, 0.25) is 0 Å². The van der Waals surface area contributed by atoms with Gasteiger partial charge in [0, 0.05) is 18.9 Å². The molecule has 0 aliphatic heterocycles. The van der Waals surface area contributed by atoms with Crippen molar-refractivity contribution in [2.45, 2.75) is 26.2 Å². The Morgan fingerprint density at radius 1 is 1.20 bits per heavy atom. The number of nitrogens with zero attached hydrogens (tertiary/aromatic N) is 4. The van der Waals surface area contributed by atoms with Gasteiger partial charge >= 0.3 is 0 Å². The minimum Gasteiger partial charge on any atom is -0.368 e. The molecular formula is C10H19N5. The maximum absolute atomic E-state index is 5.63. The lowest BCUT2D eigenvalue weighted by molar-refractivity contribution is 0.409. The molecule has 0 fully saturated rings. The molecule has 1 aromatic heterocycles. The van der Waals surface area contributed by atoms with Gasteiger partial charge in [0.2, 0.25) is 5.95 Å². The van der Waals surface area contributed by atoms with Gasteiger partial charge in [-0.05, 0) is 14.1 Å². The summed E-state index contributed by atoms with van der Waals surface area (Å²) in [6.45, 7) is 5.01. The molecule has 0 spiro atoms. The maximum atomic E-state index is 5.63. The number of rotatable bonds is 4. The van der Waals surface area contributed by atoms with Crippen molar-refractivity contribution in [3.63, 3.8) is 0 Å². The van der Waals surface area contributed by atoms with Crippen molar-refractivity contribution < 1.29 is 0 Å². The van der Waals surface area contributed by atoms with E-state index >= 15 is 0 Å². The van der Waals surface area contributed by atoms with Gasteiger partial charge in [-0.2, -0.15) is 9.97 Å². The fourth-order valence-electron chi connectivity index (χ4n) is 1.15. The Labute approximate surface area is 90.7 Å². The Morgan fingerprint density at radius 2 is 1.87 bits per heavy atom. The zero-order chi connectivity index (χ0) is 11.4. The zero-order valence-corrected chi connectivity index (χ0v) is 9.86. The van der Waals surface area contributed by atoms with Gasteiger partial charge in [0.05, 0.1) is 0 Å². The van der Waals surface area contributed by atoms with E-state index in [1.165, 1.54) is 0 Å². The van der Waals surface area contributed by atoms with E-state index in [-0.39, 0.29) is 5.92 Å². The first-order chi connectivity index (χ1) is 6.99. The van der Waals surface area contributed by atoms with E-state index in [4.69, 9.17) is 5.73 Å². The molecule has 1 rings (SSSR count). The molecule has 5 heteroatoms. The summed E-state index contributed by atoms with van der Waals surface area (Å²) < 4.78 is 0. The minimum atomic E-state index is 0.286. The molecule has 0 bridgehead atoms. The van der Waals surface area contributed by atoms with E-state index in [9.17, 15) is 0 Å². The Hall–Kier alpha value is -1.23. The van der Waals surface area contributed by atoms with E-state index in [2.05, 4.69) is 19.9 Å². The highest BCUT2D eigenvalue weighted by Gasteiger charge is 2.07. The third-order valence-electron chi connectivity index (χ3n) is 2.02. The Balaban J connectivity index is 2.79. The van der Waals surface area contributed by atoms with Crippen LogP contribution < -0.4 is 5.73 Å². The van der Waals surface area contributed by atoms with Gasteiger partial charge < -0.3 is 10.6 Å². The number of hydrogen-bond acceptors (Lipinski definition) is 5. The maximum Gasteiger partial charge on any atom is 0.223 e. The second-order valence-electron chi connectivity index (χ2n) is 4.18. The van der Waals surface area contributed by atoms with E-state index in [0.717, 1.165) is 24.6 Å². The van der Waals surface area contributed by atoms with Crippen LogP contribution in [0.4, 0.5) is 5.95 Å². The third kappa shape index (κ3) is 3.79. The van der Waals surface area contributed by atoms with Crippen molar-refractivity contribution in [2.24, 2.45) is 0 Å². The first-order valence-corrected chi connectivity index (χ1v) is 5.14. The largest absolute Gasteiger partial charge is 0.368 e. The molecule has 1 heterocycles. The number of hydrogen-bond donors (Lipinski definition) is 1. The molecule has 0 aromatic carbocycles. The number of nitrogen functional groups attached to an aromatic ring is 1. The molecule has 5 nitrogen and oxygen atoms in total. The average molecular weight is 209 g/mol. The van der Waals surface area contributed by atoms with Gasteiger partial charge in [-0.25, -0.2) is 4.98 Å². The van der Waals surface area contributed by atoms with Crippen LogP contribution >= 0.6 is 0 Å². The normalized spacial score (nSPS) is 11.3. The van der Waals surface area contributed by atoms with Gasteiger partial charge in [-0.3, -0.25) is 0 Å². The molecule has 1 aromatic rings. The lowest BCUT2D eigenvalue weighted by atomic mass is 10.2. The summed E-state index contributed by atoms with van der Waals surface area (Å²) in [6.07, 6.45) is 0.805. The van der Waals surface area contributed by atoms with E-state index in [0.29, 0.717) is 5.95 Å². The lowest BCUT2D eigenvalue weighted by Gasteiger charge is -2.10. The number of likely N-dealkylation sites (N-methyl/N-ethyl adjacent to an activating group) is 1. The number of aromatic nitrogens is 3. The monoisotopic (exact) mass is 209 g/mol. The molecule has 0 saturated heterocycles. The predicted molar refractivity (Wildman–Crippen MR) is 60.6 cm³/mol. The first kappa shape index (κ1) is 11.8. The van der Waals surface area contributed by atoms with Crippen molar-refractivity contribution in [3.8, 4) is 0 Å². The molecule has 0 radical (unpaired) electrons. The van der Waals surface area contributed by atoms with Crippen molar-refractivity contribution in [1.82, 2.24) is 19.9 Å². The average Bonchev–Trinajstić information content (AvgIpc) is 2.13. The van der Waals surface area contributed by atoms with Crippen LogP contribution in [0.3, 0.4) is 0 Å². The quantitative estimate of drug-likeness (QED) is 0.790. The van der Waals surface area contributed by atoms with Crippen molar-refractivity contribution in [1.29, 1.82) is 0 Å². The molecule has 0 aliphatic carbocycles. The van der Waals surface area contributed by atoms with Crippen LogP contribution in [0.15, 0.2) is 0 Å². The molecular weight excluding hydrogens is 190 g/mol. The lowest BCUT2D eigenvalue weighted by Crippen LogP contribution is -2.18. The summed E-state index contributed by atoms with van der Waals surface area (Å²) >= 11 is 0. The van der Waals surface area contributed by atoms with Crippen LogP contribution in [-0.2, 0) is 6.42 Å². The van der Waals surface area contributed by atoms with E-state index in [1.807, 2.05) is 27.9 Å². The first-order valence-electron chi connectivity index (χ1n) is 5.14. The van der Waals surface area contributed by atoms with E-state index < -0.39 is 0 Å². The van der Waals surface area contributed by atoms with Crippen LogP contribution in [0, 0.1) is 0 Å². The second-order valence-corrected chi connectivity index (χ2v) is 4.18. The molecule has 0 saturated carbocycles. The SMILES string of the molecule is CC(C)c1nc(N)nc(CCN(C)C)n1. The van der Waals surface area contributed by atoms with Crippen molar-refractivity contribution in [3.05, 3.63) is 11.6 Å². The Kier molecular flexibility index (Phi) is 3.96. The van der Waals surface area contributed by atoms with E-state index in [1.54, 1.807) is 0 Å². The zero-order valence-electron chi connectivity index (χ0n) is 9.86. The van der Waals surface area contributed by atoms with Crippen LogP contribution in [0.5, 0.6) is 0 Å². The van der Waals surface area contributed by atoms with Gasteiger partial charge in [0.25, 0.3) is 0 Å². The molecule has 0 amide bonds. The van der Waals surface area contributed by atoms with Crippen molar-refractivity contribution >= 4 is 5.95 Å². The predicted octanol–water partition coefficient (Wildman–Crippen LogP) is 0.681. The Morgan fingerprint density at radius 3 is 2.40 bits per heavy atom. The second kappa shape index (κ2) is 5.02. The molecule has 15 heavy (non-hydrogen) atoms. The molecule has 2 N–H and O–H groups in total. The molecule has 84 valence electrons. The smallest absolute Gasteiger partial charge is 0.223 e. The molecule has 0 atom stereocenters. The standard InChI is InChI=1S/C10H19N5/c1-7(2)9-12-8(5-6-15(3)4)13-10(11)14-9/h7H,5-6H2,1-4H3,(H2,11,12,13,14). The minimum absolute atomic E-state index is 0.286. The van der Waals surface area contributed by atoms with Gasteiger partial charge in [-0.1, -0.05) is 13.8 Å². The highest BCUT2D eigenvalue weighted by atomic mass is 15.1. The van der Waals surface area contributed by atoms with Gasteiger partial charge in [0.1, 0.15) is 11.6 Å². The summed E-state index contributed by atoms with van der Waals surface area (Å²) in [5.74, 6) is 2.16. The highest BCUT2D eigenvalue weighted by molar-refractivity contribution is 5.17. The van der Waals surface area contributed by atoms with Crippen LogP contribution in [0.1, 0.15) is 31.4 Å². The van der Waals surface area contributed by atoms with Crippen molar-refractivity contribution in [2.75, 3.05) is 26.4 Å². The summed E-state index contributed by atoms with van der Waals surface area (Å²) in [7, 11) is 4.04. The van der Waals surface area contributed by atoms with Crippen LogP contribution in [-0.4, -0.2) is 40.5 Å². The number of nitrogens with two attached hydrogens (primary N) is 1. The van der Waals surface area contributed by atoms with Gasteiger partial charge in [-0.15, -0.1) is 0 Å². The Bertz CT molecular complexity index is 322. The fraction of sp³-hybridized carbons (Fsp3) is 0.700. The third-order valence-corrected chi connectivity index (χ3v) is 2.02. The molecule has 0 aliphatic rings. The topological polar surface area (TPSA) is 67.9 Å². The number of anilines is 1. The summed E-state index contributed by atoms with van der Waals surface area (Å²) in [4.78, 5) is 14.7. The fourth-order valence-corrected chi connectivity index (χ4v) is 1.15.